The highest BCUT2D eigenvalue weighted by Gasteiger charge is 2.31. The van der Waals surface area contributed by atoms with Crippen LogP contribution in [0.4, 0.5) is 13.2 Å². The molecule has 0 aromatic heterocycles. The molecule has 1 unspecified atom stereocenters. The van der Waals surface area contributed by atoms with Gasteiger partial charge in [0.05, 0.1) is 0 Å². The first-order valence-electron chi connectivity index (χ1n) is 8.58. The summed E-state index contributed by atoms with van der Waals surface area (Å²) >= 11 is 0. The van der Waals surface area contributed by atoms with Crippen LogP contribution in [0.25, 0.3) is 0 Å². The average Bonchev–Trinajstić information content (AvgIpc) is 2.62. The van der Waals surface area contributed by atoms with Crippen LogP contribution in [0.3, 0.4) is 0 Å². The lowest BCUT2D eigenvalue weighted by Crippen LogP contribution is -2.37. The number of amides is 2. The van der Waals surface area contributed by atoms with Gasteiger partial charge in [-0.2, -0.15) is 0 Å². The number of ether oxygens (including phenoxy) is 1. The molecule has 0 saturated carbocycles. The maximum atomic E-state index is 12.3. The Morgan fingerprint density at radius 2 is 1.68 bits per heavy atom. The monoisotopic (exact) mass is 394 g/mol. The van der Waals surface area contributed by atoms with Crippen molar-refractivity contribution in [3.8, 4) is 5.75 Å². The molecule has 0 heterocycles. The second-order valence-corrected chi connectivity index (χ2v) is 6.39. The lowest BCUT2D eigenvalue weighted by molar-refractivity contribution is -0.274. The quantitative estimate of drug-likeness (QED) is 0.778. The van der Waals surface area contributed by atoms with E-state index in [9.17, 15) is 22.8 Å². The summed E-state index contributed by atoms with van der Waals surface area (Å²) in [6.45, 7) is 1.96. The van der Waals surface area contributed by atoms with E-state index in [0.717, 1.165) is 0 Å². The van der Waals surface area contributed by atoms with Crippen LogP contribution in [-0.4, -0.2) is 36.2 Å². The molecule has 0 aliphatic carbocycles. The molecule has 0 aliphatic rings. The molecule has 2 aromatic carbocycles. The van der Waals surface area contributed by atoms with Crippen LogP contribution in [-0.2, 0) is 11.3 Å². The van der Waals surface area contributed by atoms with Crippen molar-refractivity contribution in [3.63, 3.8) is 0 Å². The summed E-state index contributed by atoms with van der Waals surface area (Å²) in [6, 6.07) is 13.6. The molecule has 0 spiro atoms. The van der Waals surface area contributed by atoms with Crippen LogP contribution < -0.4 is 10.1 Å². The third-order valence-electron chi connectivity index (χ3n) is 3.90. The number of carbonyl (C=O) groups excluding carboxylic acids is 2. The Labute approximate surface area is 161 Å². The lowest BCUT2D eigenvalue weighted by atomic mass is 10.1. The van der Waals surface area contributed by atoms with Crippen LogP contribution in [0, 0.1) is 0 Å². The number of rotatable bonds is 7. The van der Waals surface area contributed by atoms with E-state index in [1.807, 2.05) is 0 Å². The summed E-state index contributed by atoms with van der Waals surface area (Å²) in [5, 5.41) is 2.77. The molecule has 0 bridgehead atoms. The summed E-state index contributed by atoms with van der Waals surface area (Å²) in [4.78, 5) is 25.9. The van der Waals surface area contributed by atoms with E-state index in [-0.39, 0.29) is 36.6 Å². The van der Waals surface area contributed by atoms with Gasteiger partial charge in [0, 0.05) is 31.6 Å². The fourth-order valence-corrected chi connectivity index (χ4v) is 2.52. The van der Waals surface area contributed by atoms with Gasteiger partial charge in [-0.3, -0.25) is 9.59 Å². The van der Waals surface area contributed by atoms with E-state index in [1.54, 1.807) is 44.3 Å². The topological polar surface area (TPSA) is 58.6 Å². The molecule has 1 atom stereocenters. The Balaban J connectivity index is 1.84. The number of benzene rings is 2. The van der Waals surface area contributed by atoms with Crippen molar-refractivity contribution in [2.24, 2.45) is 0 Å². The summed E-state index contributed by atoms with van der Waals surface area (Å²) < 4.78 is 40.3. The van der Waals surface area contributed by atoms with E-state index in [0.29, 0.717) is 11.1 Å². The summed E-state index contributed by atoms with van der Waals surface area (Å²) in [7, 11) is 1.59. The highest BCUT2D eigenvalue weighted by molar-refractivity contribution is 5.94. The second kappa shape index (κ2) is 9.25. The van der Waals surface area contributed by atoms with Gasteiger partial charge in [-0.15, -0.1) is 13.2 Å². The van der Waals surface area contributed by atoms with Gasteiger partial charge in [-0.25, -0.2) is 0 Å². The predicted octanol–water partition coefficient (Wildman–Crippen LogP) is 3.75. The molecule has 2 rings (SSSR count). The Hall–Kier alpha value is -3.03. The Morgan fingerprint density at radius 3 is 2.25 bits per heavy atom. The Morgan fingerprint density at radius 1 is 1.07 bits per heavy atom. The third kappa shape index (κ3) is 6.94. The molecule has 150 valence electrons. The normalized spacial score (nSPS) is 12.2. The first kappa shape index (κ1) is 21.3. The molecule has 28 heavy (non-hydrogen) atoms. The minimum Gasteiger partial charge on any atom is -0.406 e. The molecule has 1 N–H and O–H groups in total. The standard InChI is InChI=1S/C20H21F3N2O3/c1-14(24-19(27)16-6-4-3-5-7-16)12-18(26)25(2)13-15-8-10-17(11-9-15)28-20(21,22)23/h3-11,14H,12-13H2,1-2H3,(H,24,27). The summed E-state index contributed by atoms with van der Waals surface area (Å²) in [5.41, 5.74) is 1.17. The Bertz CT molecular complexity index is 793. The maximum absolute atomic E-state index is 12.3. The SMILES string of the molecule is CC(CC(=O)N(C)Cc1ccc(OC(F)(F)F)cc1)NC(=O)c1ccccc1. The predicted molar refractivity (Wildman–Crippen MR) is 97.6 cm³/mol. The van der Waals surface area contributed by atoms with Crippen molar-refractivity contribution >= 4 is 11.8 Å². The molecular formula is C20H21F3N2O3. The fraction of sp³-hybridized carbons (Fsp3) is 0.300. The largest absolute Gasteiger partial charge is 0.573 e. The van der Waals surface area contributed by atoms with Crippen molar-refractivity contribution in [3.05, 3.63) is 65.7 Å². The highest BCUT2D eigenvalue weighted by Crippen LogP contribution is 2.23. The molecule has 0 fully saturated rings. The number of nitrogens with zero attached hydrogens (tertiary/aromatic N) is 1. The van der Waals surface area contributed by atoms with E-state index in [1.165, 1.54) is 29.2 Å². The smallest absolute Gasteiger partial charge is 0.406 e. The van der Waals surface area contributed by atoms with E-state index in [4.69, 9.17) is 0 Å². The first-order chi connectivity index (χ1) is 13.1. The van der Waals surface area contributed by atoms with Crippen molar-refractivity contribution in [1.29, 1.82) is 0 Å². The fourth-order valence-electron chi connectivity index (χ4n) is 2.52. The third-order valence-corrected chi connectivity index (χ3v) is 3.90. The molecule has 0 saturated heterocycles. The number of nitrogens with one attached hydrogen (secondary N) is 1. The minimum absolute atomic E-state index is 0.102. The van der Waals surface area contributed by atoms with Crippen molar-refractivity contribution in [1.82, 2.24) is 10.2 Å². The van der Waals surface area contributed by atoms with Crippen molar-refractivity contribution < 1.29 is 27.5 Å². The van der Waals surface area contributed by atoms with E-state index < -0.39 is 6.36 Å². The first-order valence-corrected chi connectivity index (χ1v) is 8.58. The summed E-state index contributed by atoms with van der Waals surface area (Å²) in [6.07, 6.45) is -4.64. The van der Waals surface area contributed by atoms with Crippen LogP contribution in [0.1, 0.15) is 29.3 Å². The van der Waals surface area contributed by atoms with Crippen LogP contribution in [0.2, 0.25) is 0 Å². The molecular weight excluding hydrogens is 373 g/mol. The molecule has 8 heteroatoms. The van der Waals surface area contributed by atoms with Crippen molar-refractivity contribution in [2.45, 2.75) is 32.3 Å². The van der Waals surface area contributed by atoms with Gasteiger partial charge in [0.15, 0.2) is 0 Å². The number of hydrogen-bond donors (Lipinski definition) is 1. The molecule has 0 radical (unpaired) electrons. The average molecular weight is 394 g/mol. The van der Waals surface area contributed by atoms with Gasteiger partial charge in [0.1, 0.15) is 5.75 Å². The number of halogens is 3. The van der Waals surface area contributed by atoms with Crippen LogP contribution >= 0.6 is 0 Å². The van der Waals surface area contributed by atoms with E-state index in [2.05, 4.69) is 10.1 Å². The molecule has 2 aromatic rings. The maximum Gasteiger partial charge on any atom is 0.573 e. The number of carbonyl (C=O) groups is 2. The van der Waals surface area contributed by atoms with Crippen molar-refractivity contribution in [2.75, 3.05) is 7.05 Å². The summed E-state index contributed by atoms with van der Waals surface area (Å²) in [5.74, 6) is -0.775. The zero-order valence-corrected chi connectivity index (χ0v) is 15.5. The molecule has 2 amide bonds. The number of alkyl halides is 3. The zero-order valence-electron chi connectivity index (χ0n) is 15.5. The molecule has 5 nitrogen and oxygen atoms in total. The second-order valence-electron chi connectivity index (χ2n) is 6.39. The zero-order chi connectivity index (χ0) is 20.7. The van der Waals surface area contributed by atoms with Gasteiger partial charge < -0.3 is 15.0 Å². The van der Waals surface area contributed by atoms with Crippen LogP contribution in [0.5, 0.6) is 5.75 Å². The van der Waals surface area contributed by atoms with E-state index >= 15 is 0 Å². The van der Waals surface area contributed by atoms with Gasteiger partial charge in [-0.1, -0.05) is 30.3 Å². The number of hydrogen-bond acceptors (Lipinski definition) is 3. The van der Waals surface area contributed by atoms with Crippen LogP contribution in [0.15, 0.2) is 54.6 Å². The van der Waals surface area contributed by atoms with Gasteiger partial charge in [0.2, 0.25) is 5.91 Å². The minimum atomic E-state index is -4.74. The van der Waals surface area contributed by atoms with Gasteiger partial charge in [-0.05, 0) is 36.8 Å². The Kier molecular flexibility index (Phi) is 7.03. The van der Waals surface area contributed by atoms with Gasteiger partial charge >= 0.3 is 6.36 Å². The van der Waals surface area contributed by atoms with Gasteiger partial charge in [0.25, 0.3) is 5.91 Å². The molecule has 0 aliphatic heterocycles. The highest BCUT2D eigenvalue weighted by atomic mass is 19.4. The lowest BCUT2D eigenvalue weighted by Gasteiger charge is -2.20.